The first-order valence-electron chi connectivity index (χ1n) is 4.52. The second-order valence-corrected chi connectivity index (χ2v) is 4.79. The van der Waals surface area contributed by atoms with Crippen LogP contribution in [0.3, 0.4) is 0 Å². The SMILES string of the molecule is CC(CS(=O)CCCCC#N)C(=O)O. The second-order valence-electron chi connectivity index (χ2n) is 3.17. The molecule has 0 saturated carbocycles. The molecular formula is C9H15NO3S. The Morgan fingerprint density at radius 1 is 1.57 bits per heavy atom. The molecule has 0 aromatic rings. The molecule has 0 fully saturated rings. The molecule has 0 aromatic carbocycles. The van der Waals surface area contributed by atoms with E-state index in [1.165, 1.54) is 0 Å². The first-order valence-corrected chi connectivity index (χ1v) is 6.01. The van der Waals surface area contributed by atoms with Gasteiger partial charge in [-0.15, -0.1) is 0 Å². The molecule has 2 atom stereocenters. The van der Waals surface area contributed by atoms with Gasteiger partial charge in [0.2, 0.25) is 0 Å². The van der Waals surface area contributed by atoms with Crippen LogP contribution in [0.4, 0.5) is 0 Å². The lowest BCUT2D eigenvalue weighted by Gasteiger charge is -2.05. The summed E-state index contributed by atoms with van der Waals surface area (Å²) in [4.78, 5) is 10.4. The van der Waals surface area contributed by atoms with E-state index in [-0.39, 0.29) is 5.75 Å². The van der Waals surface area contributed by atoms with Crippen molar-refractivity contribution in [3.8, 4) is 6.07 Å². The Kier molecular flexibility index (Phi) is 7.03. The van der Waals surface area contributed by atoms with Gasteiger partial charge in [-0.3, -0.25) is 9.00 Å². The Bertz CT molecular complexity index is 247. The number of rotatable bonds is 7. The van der Waals surface area contributed by atoms with E-state index in [9.17, 15) is 9.00 Å². The first kappa shape index (κ1) is 13.1. The summed E-state index contributed by atoms with van der Waals surface area (Å²) in [6.45, 7) is 1.55. The van der Waals surface area contributed by atoms with Crippen molar-refractivity contribution in [3.05, 3.63) is 0 Å². The third-order valence-electron chi connectivity index (χ3n) is 1.77. The number of carboxylic acid groups (broad SMARTS) is 1. The fourth-order valence-corrected chi connectivity index (χ4v) is 2.29. The van der Waals surface area contributed by atoms with E-state index in [1.807, 2.05) is 6.07 Å². The third kappa shape index (κ3) is 6.61. The highest BCUT2D eigenvalue weighted by Gasteiger charge is 2.14. The minimum absolute atomic E-state index is 0.210. The molecule has 0 aliphatic rings. The lowest BCUT2D eigenvalue weighted by molar-refractivity contribution is -0.140. The molecule has 0 aliphatic carbocycles. The highest BCUT2D eigenvalue weighted by molar-refractivity contribution is 7.85. The number of nitriles is 1. The summed E-state index contributed by atoms with van der Waals surface area (Å²) in [6, 6.07) is 2.01. The van der Waals surface area contributed by atoms with Crippen LogP contribution >= 0.6 is 0 Å². The Morgan fingerprint density at radius 2 is 2.21 bits per heavy atom. The van der Waals surface area contributed by atoms with Gasteiger partial charge in [0, 0.05) is 28.7 Å². The van der Waals surface area contributed by atoms with Crippen LogP contribution in [-0.2, 0) is 15.6 Å². The number of hydrogen-bond donors (Lipinski definition) is 1. The molecule has 4 nitrogen and oxygen atoms in total. The average molecular weight is 217 g/mol. The molecular weight excluding hydrogens is 202 g/mol. The van der Waals surface area contributed by atoms with Crippen molar-refractivity contribution in [3.63, 3.8) is 0 Å². The summed E-state index contributed by atoms with van der Waals surface area (Å²) in [5.74, 6) is -0.747. The highest BCUT2D eigenvalue weighted by atomic mass is 32.2. The second kappa shape index (κ2) is 7.51. The van der Waals surface area contributed by atoms with Gasteiger partial charge in [0.15, 0.2) is 0 Å². The van der Waals surface area contributed by atoms with Gasteiger partial charge in [-0.25, -0.2) is 0 Å². The molecule has 80 valence electrons. The van der Waals surface area contributed by atoms with Crippen LogP contribution in [0, 0.1) is 17.2 Å². The summed E-state index contributed by atoms with van der Waals surface area (Å²) in [5.41, 5.74) is 0. The van der Waals surface area contributed by atoms with Gasteiger partial charge in [-0.2, -0.15) is 5.26 Å². The predicted octanol–water partition coefficient (Wildman–Crippen LogP) is 1.15. The smallest absolute Gasteiger partial charge is 0.307 e. The molecule has 5 heteroatoms. The molecule has 0 spiro atoms. The third-order valence-corrected chi connectivity index (χ3v) is 3.38. The largest absolute Gasteiger partial charge is 0.481 e. The Hall–Kier alpha value is -0.890. The van der Waals surface area contributed by atoms with Crippen molar-refractivity contribution >= 4 is 16.8 Å². The maximum atomic E-state index is 11.3. The van der Waals surface area contributed by atoms with Gasteiger partial charge >= 0.3 is 5.97 Å². The summed E-state index contributed by atoms with van der Waals surface area (Å²) < 4.78 is 11.3. The standard InChI is InChI=1S/C9H15NO3S/c1-8(9(11)12)7-14(13)6-4-2-3-5-10/h8H,2-4,6-7H2,1H3,(H,11,12). The van der Waals surface area contributed by atoms with E-state index in [2.05, 4.69) is 0 Å². The average Bonchev–Trinajstić information content (AvgIpc) is 2.12. The molecule has 0 rings (SSSR count). The number of carbonyl (C=O) groups is 1. The summed E-state index contributed by atoms with van der Waals surface area (Å²) in [6.07, 6.45) is 1.95. The van der Waals surface area contributed by atoms with Crippen LogP contribution in [0.1, 0.15) is 26.2 Å². The van der Waals surface area contributed by atoms with Crippen molar-refractivity contribution < 1.29 is 14.1 Å². The number of carboxylic acids is 1. The zero-order valence-electron chi connectivity index (χ0n) is 8.23. The summed E-state index contributed by atoms with van der Waals surface area (Å²) in [5, 5.41) is 16.8. The quantitative estimate of drug-likeness (QED) is 0.649. The number of aliphatic carboxylic acids is 1. The maximum Gasteiger partial charge on any atom is 0.307 e. The lowest BCUT2D eigenvalue weighted by atomic mass is 10.2. The molecule has 0 aromatic heterocycles. The zero-order chi connectivity index (χ0) is 11.0. The first-order chi connectivity index (χ1) is 6.57. The van der Waals surface area contributed by atoms with Gasteiger partial charge in [-0.05, 0) is 12.8 Å². The fourth-order valence-electron chi connectivity index (χ4n) is 0.901. The molecule has 0 saturated heterocycles. The molecule has 0 heterocycles. The van der Waals surface area contributed by atoms with E-state index in [0.29, 0.717) is 12.2 Å². The number of nitrogens with zero attached hydrogens (tertiary/aromatic N) is 1. The van der Waals surface area contributed by atoms with Crippen LogP contribution in [0.2, 0.25) is 0 Å². The Morgan fingerprint density at radius 3 is 2.71 bits per heavy atom. The van der Waals surface area contributed by atoms with Gasteiger partial charge in [0.1, 0.15) is 0 Å². The van der Waals surface area contributed by atoms with E-state index < -0.39 is 22.7 Å². The van der Waals surface area contributed by atoms with Crippen LogP contribution in [0.15, 0.2) is 0 Å². The normalized spacial score (nSPS) is 14.3. The summed E-state index contributed by atoms with van der Waals surface area (Å²) >= 11 is 0. The maximum absolute atomic E-state index is 11.3. The minimum Gasteiger partial charge on any atom is -0.481 e. The topological polar surface area (TPSA) is 78.2 Å². The molecule has 0 bridgehead atoms. The predicted molar refractivity (Wildman–Crippen MR) is 54.1 cm³/mol. The van der Waals surface area contributed by atoms with Crippen molar-refractivity contribution in [2.75, 3.05) is 11.5 Å². The van der Waals surface area contributed by atoms with Crippen molar-refractivity contribution in [1.82, 2.24) is 0 Å². The van der Waals surface area contributed by atoms with Crippen LogP contribution in [-0.4, -0.2) is 26.8 Å². The molecule has 0 amide bonds. The van der Waals surface area contributed by atoms with E-state index in [1.54, 1.807) is 6.92 Å². The number of hydrogen-bond acceptors (Lipinski definition) is 3. The van der Waals surface area contributed by atoms with Crippen molar-refractivity contribution in [2.45, 2.75) is 26.2 Å². The van der Waals surface area contributed by atoms with E-state index >= 15 is 0 Å². The van der Waals surface area contributed by atoms with E-state index in [0.717, 1.165) is 12.8 Å². The summed E-state index contributed by atoms with van der Waals surface area (Å²) in [7, 11) is -1.06. The highest BCUT2D eigenvalue weighted by Crippen LogP contribution is 2.02. The van der Waals surface area contributed by atoms with Gasteiger partial charge in [0.05, 0.1) is 12.0 Å². The van der Waals surface area contributed by atoms with Crippen molar-refractivity contribution in [1.29, 1.82) is 5.26 Å². The van der Waals surface area contributed by atoms with Crippen LogP contribution in [0.25, 0.3) is 0 Å². The Labute approximate surface area is 86.4 Å². The molecule has 14 heavy (non-hydrogen) atoms. The zero-order valence-corrected chi connectivity index (χ0v) is 9.05. The lowest BCUT2D eigenvalue weighted by Crippen LogP contribution is -2.18. The molecule has 2 unspecified atom stereocenters. The fraction of sp³-hybridized carbons (Fsp3) is 0.778. The van der Waals surface area contributed by atoms with Crippen molar-refractivity contribution in [2.24, 2.45) is 5.92 Å². The van der Waals surface area contributed by atoms with Gasteiger partial charge < -0.3 is 5.11 Å². The Balaban J connectivity index is 3.56. The molecule has 0 aliphatic heterocycles. The monoisotopic (exact) mass is 217 g/mol. The minimum atomic E-state index is -1.06. The number of unbranched alkanes of at least 4 members (excludes halogenated alkanes) is 2. The molecule has 1 N–H and O–H groups in total. The van der Waals surface area contributed by atoms with Crippen LogP contribution in [0.5, 0.6) is 0 Å². The van der Waals surface area contributed by atoms with Gasteiger partial charge in [-0.1, -0.05) is 6.92 Å². The van der Waals surface area contributed by atoms with Crippen LogP contribution < -0.4 is 0 Å². The van der Waals surface area contributed by atoms with Gasteiger partial charge in [0.25, 0.3) is 0 Å². The van der Waals surface area contributed by atoms with E-state index in [4.69, 9.17) is 10.4 Å². The molecule has 0 radical (unpaired) electrons.